The molecule has 0 radical (unpaired) electrons. The highest BCUT2D eigenvalue weighted by Crippen LogP contribution is 2.41. The molecule has 20 rings (SSSR count). The molecule has 144 heavy (non-hydrogen) atoms. The molecule has 0 aliphatic carbocycles. The van der Waals surface area contributed by atoms with Crippen LogP contribution < -0.4 is 47.7 Å². The van der Waals surface area contributed by atoms with E-state index in [1.54, 1.807) is 70.7 Å². The van der Waals surface area contributed by atoms with E-state index in [2.05, 4.69) is 128 Å². The number of amides is 2. The number of benzene rings is 5. The Bertz CT molecular complexity index is 7180. The minimum Gasteiger partial charge on any atom is -0.379 e. The van der Waals surface area contributed by atoms with Gasteiger partial charge in [-0.15, -0.1) is 11.3 Å². The molecule has 0 bridgehead atoms. The highest BCUT2D eigenvalue weighted by molar-refractivity contribution is 7.88. The van der Waals surface area contributed by atoms with E-state index in [0.29, 0.717) is 124 Å². The SMILES string of the molecule is CC(=O)N1CCC(n2nc(C)c(-c3cc4cnc(Nc5ccc(N6CCN(C)CC6)cc5)nc4n(CCN(C)S(C)(=O)=O)c3=O)c2C)C1.CC(=O)N1CCCC1c1nc(-c2cc3cnc(Nc4ccc(N5CCNCC5)c(C)c4)nc3n(Cc3ccccc3C(F)(F)F)c2=O)cs1.CN1CCC(c2ccc(Nc3ncc4cc(-c5ccc(C6CCCCN6C)cc5F)c(=O)n(CCN5CCOCC5)c4n3)cc2)CC1. The van der Waals surface area contributed by atoms with Crippen LogP contribution in [0.5, 0.6) is 0 Å². The molecule has 13 aromatic rings. The number of nitrogens with one attached hydrogen (secondary N) is 4. The van der Waals surface area contributed by atoms with E-state index in [9.17, 15) is 45.6 Å². The third-order valence-corrected chi connectivity index (χ3v) is 31.3. The van der Waals surface area contributed by atoms with Crippen LogP contribution in [-0.4, -0.2) is 278 Å². The molecular weight excluding hydrogens is 1880 g/mol. The Morgan fingerprint density at radius 3 is 1.78 bits per heavy atom. The summed E-state index contributed by atoms with van der Waals surface area (Å²) < 4.78 is 95.7. The number of likely N-dealkylation sites (tertiary alicyclic amines) is 4. The van der Waals surface area contributed by atoms with Crippen molar-refractivity contribution in [1.82, 2.24) is 97.4 Å². The van der Waals surface area contributed by atoms with Crippen molar-refractivity contribution in [2.75, 3.05) is 191 Å². The maximum atomic E-state index is 15.8. The van der Waals surface area contributed by atoms with E-state index >= 15 is 4.39 Å². The number of aromatic nitrogens is 12. The van der Waals surface area contributed by atoms with Crippen LogP contribution in [0.4, 0.5) is 63.8 Å². The second-order valence-corrected chi connectivity index (χ2v) is 41.8. The van der Waals surface area contributed by atoms with Gasteiger partial charge in [-0.3, -0.25) is 52.2 Å². The Morgan fingerprint density at radius 1 is 0.569 bits per heavy atom. The van der Waals surface area contributed by atoms with Crippen molar-refractivity contribution < 1.29 is 40.3 Å². The monoisotopic (exact) mass is 2000 g/mol. The number of pyridine rings is 3. The lowest BCUT2D eigenvalue weighted by Crippen LogP contribution is -2.44. The Balaban J connectivity index is 0.000000142. The molecule has 7 aliphatic heterocycles. The highest BCUT2D eigenvalue weighted by Gasteiger charge is 2.37. The fourth-order valence-electron chi connectivity index (χ4n) is 20.8. The first-order valence-corrected chi connectivity index (χ1v) is 52.3. The molecule has 7 fully saturated rings. The van der Waals surface area contributed by atoms with E-state index in [1.165, 1.54) is 81.8 Å². The number of rotatable bonds is 24. The second-order valence-electron chi connectivity index (χ2n) is 38.8. The van der Waals surface area contributed by atoms with Gasteiger partial charge in [0, 0.05) is 224 Å². The summed E-state index contributed by atoms with van der Waals surface area (Å²) in [6.45, 7) is 25.6. The van der Waals surface area contributed by atoms with Crippen molar-refractivity contribution in [2.24, 2.45) is 0 Å². The van der Waals surface area contributed by atoms with E-state index in [-0.39, 0.29) is 89.2 Å². The number of fused-ring (bicyclic) bond motifs is 3. The molecule has 758 valence electrons. The van der Waals surface area contributed by atoms with Gasteiger partial charge in [-0.2, -0.15) is 33.2 Å². The number of nitrogens with zero attached hydrogens (tertiary/aromatic N) is 21. The predicted octanol–water partition coefficient (Wildman–Crippen LogP) is 14.2. The number of piperidine rings is 2. The Labute approximate surface area is 838 Å². The van der Waals surface area contributed by atoms with Crippen molar-refractivity contribution >= 4 is 113 Å². The summed E-state index contributed by atoms with van der Waals surface area (Å²) in [7, 11) is 4.44. The molecule has 15 heterocycles. The minimum atomic E-state index is -4.61. The summed E-state index contributed by atoms with van der Waals surface area (Å²) in [5, 5.41) is 22.3. The predicted molar refractivity (Wildman–Crippen MR) is 557 cm³/mol. The van der Waals surface area contributed by atoms with Gasteiger partial charge < -0.3 is 55.4 Å². The van der Waals surface area contributed by atoms with Crippen LogP contribution in [0.2, 0.25) is 0 Å². The zero-order chi connectivity index (χ0) is 101. The van der Waals surface area contributed by atoms with Crippen LogP contribution in [-0.2, 0) is 50.2 Å². The average Bonchev–Trinajstić information content (AvgIpc) is 1.46. The van der Waals surface area contributed by atoms with Crippen LogP contribution >= 0.6 is 11.3 Å². The van der Waals surface area contributed by atoms with Gasteiger partial charge in [0.05, 0.1) is 71.7 Å². The summed E-state index contributed by atoms with van der Waals surface area (Å²) in [5.74, 6) is 1.15. The zero-order valence-corrected chi connectivity index (χ0v) is 84.8. The maximum Gasteiger partial charge on any atom is 0.416 e. The number of sulfonamides is 1. The van der Waals surface area contributed by atoms with Crippen LogP contribution in [0.1, 0.15) is 133 Å². The number of anilines is 8. The Hall–Kier alpha value is -12.9. The number of hydrogen-bond acceptors (Lipinski definition) is 27. The van der Waals surface area contributed by atoms with E-state index in [4.69, 9.17) is 24.8 Å². The van der Waals surface area contributed by atoms with Crippen molar-refractivity contribution in [1.29, 1.82) is 0 Å². The lowest BCUT2D eigenvalue weighted by molar-refractivity contribution is -0.138. The molecule has 3 atom stereocenters. The number of thiazole rings is 1. The maximum absolute atomic E-state index is 15.8. The van der Waals surface area contributed by atoms with Gasteiger partial charge in [0.25, 0.3) is 16.7 Å². The summed E-state index contributed by atoms with van der Waals surface area (Å²) in [6.07, 6.45) is 9.56. The Kier molecular flexibility index (Phi) is 30.9. The van der Waals surface area contributed by atoms with Crippen molar-refractivity contribution in [3.05, 3.63) is 232 Å². The molecule has 0 saturated carbocycles. The third-order valence-electron chi connectivity index (χ3n) is 29.1. The van der Waals surface area contributed by atoms with Gasteiger partial charge in [-0.05, 0) is 220 Å². The normalized spacial score (nSPS) is 18.3. The summed E-state index contributed by atoms with van der Waals surface area (Å²) >= 11 is 1.36. The van der Waals surface area contributed by atoms with Crippen LogP contribution in [0, 0.1) is 26.6 Å². The minimum absolute atomic E-state index is 0.0139. The number of hydrogen-bond donors (Lipinski definition) is 4. The molecule has 0 spiro atoms. The smallest absolute Gasteiger partial charge is 0.379 e. The molecule has 39 heteroatoms. The lowest BCUT2D eigenvalue weighted by Gasteiger charge is -2.34. The first kappa shape index (κ1) is 101. The molecule has 33 nitrogen and oxygen atoms in total. The van der Waals surface area contributed by atoms with Crippen LogP contribution in [0.25, 0.3) is 66.6 Å². The zero-order valence-electron chi connectivity index (χ0n) is 83.1. The number of alkyl halides is 3. The van der Waals surface area contributed by atoms with Gasteiger partial charge in [-0.1, -0.05) is 48.9 Å². The fourth-order valence-corrected chi connectivity index (χ4v) is 22.2. The quantitative estimate of drug-likeness (QED) is 0.0408. The van der Waals surface area contributed by atoms with Crippen LogP contribution in [0.3, 0.4) is 0 Å². The van der Waals surface area contributed by atoms with E-state index in [0.717, 1.165) is 180 Å². The molecule has 2 amide bonds. The molecule has 4 N–H and O–H groups in total. The highest BCUT2D eigenvalue weighted by atomic mass is 32.2. The first-order chi connectivity index (χ1) is 69.3. The van der Waals surface area contributed by atoms with Gasteiger partial charge in [0.1, 0.15) is 27.8 Å². The number of aryl methyl sites for hydroxylation is 2. The number of carbonyl (C=O) groups is 2. The van der Waals surface area contributed by atoms with Gasteiger partial charge >= 0.3 is 6.18 Å². The third kappa shape index (κ3) is 22.9. The van der Waals surface area contributed by atoms with Gasteiger partial charge in [0.2, 0.25) is 39.7 Å². The van der Waals surface area contributed by atoms with E-state index in [1.807, 2.05) is 66.8 Å². The van der Waals surface area contributed by atoms with Crippen molar-refractivity contribution in [2.45, 2.75) is 136 Å². The summed E-state index contributed by atoms with van der Waals surface area (Å²) in [6, 6.07) is 38.4. The number of ether oxygens (including phenoxy) is 1. The first-order valence-electron chi connectivity index (χ1n) is 49.6. The molecule has 8 aromatic heterocycles. The topological polar surface area (TPSA) is 329 Å². The van der Waals surface area contributed by atoms with E-state index < -0.39 is 27.3 Å². The van der Waals surface area contributed by atoms with Crippen molar-refractivity contribution in [3.63, 3.8) is 0 Å². The molecular formula is C105H125F4N25O8S2. The summed E-state index contributed by atoms with van der Waals surface area (Å²) in [4.78, 5) is 117. The number of piperazine rings is 2. The van der Waals surface area contributed by atoms with Crippen LogP contribution in [0.15, 0.2) is 166 Å². The number of likely N-dealkylation sites (N-methyl/N-ethyl adjacent to an activating group) is 2. The molecule has 3 unspecified atom stereocenters. The molecule has 7 saturated heterocycles. The standard InChI is InChI=1S/C37H46FN7O2.C35H35F3N8O2S.C33H44N10O4S/c1-42-15-12-27(13-16-42)26-6-9-30(10-7-26)40-37-39-25-29-23-32(31-11-8-28(24-33(31)38)34-5-3-4-14-43(34)2)36(46)45(35(29)41-37)18-17-44-19-21-47-22-20-44;1-21-16-25(9-10-29(21)44-14-11-39-12-15-44)41-34-40-18-24-17-26(28-20-49-32(42-28)30-8-5-13-45(30)22(2)47)33(48)46(31(24)43-34)19-23-6-3-4-7-27(23)35(36,37)38;1-22-30(23(2)43(37-22)28-11-12-41(21-28)24(3)44)29-19-25-20-34-33(36-31(25)42(32(29)45)18-15-39(5)48(6,46)47)35-26-7-9-27(10-8-26)40-16-13-38(4)14-17-40/h6-11,23-25,27,34H,3-5,12-22H2,1-2H3,(H,39,40,41);3-4,6-7,9-10,16-18,20,30,39H,5,8,11-15,19H2,1-2H3,(H,40,41,43);7-10,19-20,28H,11-18,21H2,1-6H3,(H,34,35,36). The van der Waals surface area contributed by atoms with Crippen molar-refractivity contribution in [3.8, 4) is 33.5 Å². The second kappa shape index (κ2) is 44.0. The molecule has 5 aromatic carbocycles. The Morgan fingerprint density at radius 2 is 1.16 bits per heavy atom. The number of carbonyl (C=O) groups excluding carboxylic acids is 2. The number of morpholine rings is 1. The van der Waals surface area contributed by atoms with Gasteiger partial charge in [-0.25, -0.2) is 37.0 Å². The fraction of sp³-hybridized carbons (Fsp3) is 0.438. The average molecular weight is 2010 g/mol. The summed E-state index contributed by atoms with van der Waals surface area (Å²) in [5.41, 5.74) is 11.2. The molecule has 7 aliphatic rings. The lowest BCUT2D eigenvalue weighted by atomic mass is 9.89. The van der Waals surface area contributed by atoms with Gasteiger partial charge in [0.15, 0.2) is 0 Å². The number of halogens is 4. The largest absolute Gasteiger partial charge is 0.416 e.